The molecule has 0 spiro atoms. The molecule has 0 aromatic carbocycles. The van der Waals surface area contributed by atoms with Gasteiger partial charge in [0.25, 0.3) is 5.22 Å². The molecule has 0 fully saturated rings. The molecule has 0 amide bonds. The second-order valence-corrected chi connectivity index (χ2v) is 3.30. The molecule has 1 N–H and O–H groups in total. The average molecular weight is 159 g/mol. The Morgan fingerprint density at radius 2 is 2.70 bits per heavy atom. The van der Waals surface area contributed by atoms with Gasteiger partial charge in [-0.1, -0.05) is 18.7 Å². The molecular formula is C6H9NO2S. The predicted molar refractivity (Wildman–Crippen MR) is 38.9 cm³/mol. The summed E-state index contributed by atoms with van der Waals surface area (Å²) in [5.41, 5.74) is 0. The lowest BCUT2D eigenvalue weighted by Gasteiger charge is -2.01. The van der Waals surface area contributed by atoms with Gasteiger partial charge in [-0.15, -0.1) is 0 Å². The molecule has 1 heterocycles. The van der Waals surface area contributed by atoms with Crippen molar-refractivity contribution in [3.05, 3.63) is 12.5 Å². The number of aromatic nitrogens is 1. The zero-order valence-electron chi connectivity index (χ0n) is 5.65. The Labute approximate surface area is 63.5 Å². The number of hydrogen-bond donors (Lipinski definition) is 1. The molecule has 1 aromatic rings. The highest BCUT2D eigenvalue weighted by molar-refractivity contribution is 7.99. The largest absolute Gasteiger partial charge is 0.440 e. The summed E-state index contributed by atoms with van der Waals surface area (Å²) in [6.45, 7) is 2.06. The Bertz CT molecular complexity index is 176. The summed E-state index contributed by atoms with van der Waals surface area (Å²) in [5, 5.41) is 9.41. The van der Waals surface area contributed by atoms with Gasteiger partial charge in [0.05, 0.1) is 12.8 Å². The van der Waals surface area contributed by atoms with Crippen LogP contribution in [0.4, 0.5) is 0 Å². The normalized spacial score (nSPS) is 13.4. The Morgan fingerprint density at radius 1 is 1.90 bits per heavy atom. The lowest BCUT2D eigenvalue weighted by atomic mass is 10.5. The van der Waals surface area contributed by atoms with Crippen molar-refractivity contribution in [2.75, 3.05) is 6.61 Å². The summed E-state index contributed by atoms with van der Waals surface area (Å²) in [6, 6.07) is 0. The highest BCUT2D eigenvalue weighted by Gasteiger charge is 2.04. The molecule has 1 rings (SSSR count). The van der Waals surface area contributed by atoms with Gasteiger partial charge in [-0.25, -0.2) is 4.98 Å². The van der Waals surface area contributed by atoms with Gasteiger partial charge in [-0.05, 0) is 0 Å². The van der Waals surface area contributed by atoms with E-state index < -0.39 is 0 Å². The fourth-order valence-electron chi connectivity index (χ4n) is 0.478. The molecule has 3 nitrogen and oxygen atoms in total. The standard InChI is InChI=1S/C6H9NO2S/c1-5(4-8)10-6-7-2-3-9-6/h2-3,5,8H,4H2,1H3. The van der Waals surface area contributed by atoms with E-state index in [4.69, 9.17) is 9.52 Å². The first-order valence-corrected chi connectivity index (χ1v) is 3.88. The van der Waals surface area contributed by atoms with Gasteiger partial charge in [0.2, 0.25) is 0 Å². The van der Waals surface area contributed by atoms with E-state index in [1.165, 1.54) is 18.0 Å². The number of hydrogen-bond acceptors (Lipinski definition) is 4. The average Bonchev–Trinajstić information content (AvgIpc) is 2.40. The molecule has 0 aliphatic carbocycles. The fraction of sp³-hybridized carbons (Fsp3) is 0.500. The van der Waals surface area contributed by atoms with Crippen molar-refractivity contribution < 1.29 is 9.52 Å². The molecule has 10 heavy (non-hydrogen) atoms. The summed E-state index contributed by atoms with van der Waals surface area (Å²) < 4.78 is 4.95. The summed E-state index contributed by atoms with van der Waals surface area (Å²) in [5.74, 6) is 0. The van der Waals surface area contributed by atoms with Crippen molar-refractivity contribution >= 4 is 11.8 Å². The van der Waals surface area contributed by atoms with Crippen LogP contribution < -0.4 is 0 Å². The summed E-state index contributed by atoms with van der Waals surface area (Å²) in [6.07, 6.45) is 3.11. The van der Waals surface area contributed by atoms with Crippen LogP contribution in [-0.4, -0.2) is 21.9 Å². The van der Waals surface area contributed by atoms with E-state index in [1.807, 2.05) is 6.92 Å². The first-order chi connectivity index (χ1) is 4.83. The van der Waals surface area contributed by atoms with E-state index in [0.717, 1.165) is 0 Å². The smallest absolute Gasteiger partial charge is 0.255 e. The number of thioether (sulfide) groups is 1. The van der Waals surface area contributed by atoms with Crippen molar-refractivity contribution in [1.82, 2.24) is 4.98 Å². The molecule has 0 saturated heterocycles. The number of aliphatic hydroxyl groups excluding tert-OH is 1. The van der Waals surface area contributed by atoms with Gasteiger partial charge >= 0.3 is 0 Å². The maximum Gasteiger partial charge on any atom is 0.255 e. The van der Waals surface area contributed by atoms with E-state index in [0.29, 0.717) is 5.22 Å². The van der Waals surface area contributed by atoms with Crippen LogP contribution >= 0.6 is 11.8 Å². The zero-order valence-corrected chi connectivity index (χ0v) is 6.47. The molecule has 56 valence electrons. The van der Waals surface area contributed by atoms with E-state index in [1.54, 1.807) is 6.20 Å². The van der Waals surface area contributed by atoms with E-state index in [-0.39, 0.29) is 11.9 Å². The number of rotatable bonds is 3. The third-order valence-electron chi connectivity index (χ3n) is 0.969. The summed E-state index contributed by atoms with van der Waals surface area (Å²) in [4.78, 5) is 3.89. The molecule has 4 heteroatoms. The molecule has 1 aromatic heterocycles. The van der Waals surface area contributed by atoms with Crippen LogP contribution in [0.2, 0.25) is 0 Å². The third kappa shape index (κ3) is 2.04. The van der Waals surface area contributed by atoms with Crippen LogP contribution in [0.15, 0.2) is 22.1 Å². The first-order valence-electron chi connectivity index (χ1n) is 3.00. The monoisotopic (exact) mass is 159 g/mol. The van der Waals surface area contributed by atoms with Crippen LogP contribution in [0.5, 0.6) is 0 Å². The van der Waals surface area contributed by atoms with Crippen molar-refractivity contribution in [3.63, 3.8) is 0 Å². The summed E-state index contributed by atoms with van der Waals surface area (Å²) in [7, 11) is 0. The summed E-state index contributed by atoms with van der Waals surface area (Å²) >= 11 is 1.42. The number of nitrogens with zero attached hydrogens (tertiary/aromatic N) is 1. The molecule has 0 bridgehead atoms. The van der Waals surface area contributed by atoms with Gasteiger partial charge in [-0.2, -0.15) is 0 Å². The molecule has 0 radical (unpaired) electrons. The van der Waals surface area contributed by atoms with E-state index >= 15 is 0 Å². The predicted octanol–water partition coefficient (Wildman–Crippen LogP) is 1.15. The van der Waals surface area contributed by atoms with Gasteiger partial charge in [-0.3, -0.25) is 0 Å². The minimum atomic E-state index is 0.146. The Kier molecular flexibility index (Phi) is 2.77. The van der Waals surface area contributed by atoms with Crippen molar-refractivity contribution in [1.29, 1.82) is 0 Å². The lowest BCUT2D eigenvalue weighted by Crippen LogP contribution is -2.01. The van der Waals surface area contributed by atoms with Crippen LogP contribution in [-0.2, 0) is 0 Å². The molecule has 0 aliphatic rings. The minimum absolute atomic E-state index is 0.146. The topological polar surface area (TPSA) is 46.3 Å². The molecule has 0 saturated carbocycles. The highest BCUT2D eigenvalue weighted by Crippen LogP contribution is 2.19. The third-order valence-corrected chi connectivity index (χ3v) is 1.92. The first kappa shape index (κ1) is 7.63. The fourth-order valence-corrected chi connectivity index (χ4v) is 1.13. The van der Waals surface area contributed by atoms with Crippen molar-refractivity contribution in [2.45, 2.75) is 17.4 Å². The van der Waals surface area contributed by atoms with Gasteiger partial charge < -0.3 is 9.52 Å². The van der Waals surface area contributed by atoms with Crippen molar-refractivity contribution in [2.24, 2.45) is 0 Å². The molecular weight excluding hydrogens is 150 g/mol. The van der Waals surface area contributed by atoms with Crippen LogP contribution in [0.3, 0.4) is 0 Å². The number of aliphatic hydroxyl groups is 1. The Hall–Kier alpha value is -0.480. The van der Waals surface area contributed by atoms with E-state index in [9.17, 15) is 0 Å². The highest BCUT2D eigenvalue weighted by atomic mass is 32.2. The molecule has 1 unspecified atom stereocenters. The van der Waals surface area contributed by atoms with Crippen LogP contribution in [0.25, 0.3) is 0 Å². The van der Waals surface area contributed by atoms with Gasteiger partial charge in [0.1, 0.15) is 6.26 Å². The SMILES string of the molecule is CC(CO)Sc1ncco1. The number of oxazole rings is 1. The quantitative estimate of drug-likeness (QED) is 0.672. The van der Waals surface area contributed by atoms with Crippen LogP contribution in [0.1, 0.15) is 6.92 Å². The second-order valence-electron chi connectivity index (χ2n) is 1.91. The molecule has 0 aliphatic heterocycles. The maximum absolute atomic E-state index is 8.64. The van der Waals surface area contributed by atoms with Gasteiger partial charge in [0.15, 0.2) is 0 Å². The Morgan fingerprint density at radius 3 is 3.20 bits per heavy atom. The maximum atomic E-state index is 8.64. The lowest BCUT2D eigenvalue weighted by molar-refractivity contribution is 0.299. The van der Waals surface area contributed by atoms with Crippen LogP contribution in [0, 0.1) is 0 Å². The molecule has 1 atom stereocenters. The minimum Gasteiger partial charge on any atom is -0.440 e. The van der Waals surface area contributed by atoms with Gasteiger partial charge in [0, 0.05) is 5.25 Å². The second kappa shape index (κ2) is 3.63. The zero-order chi connectivity index (χ0) is 7.40. The van der Waals surface area contributed by atoms with Crippen molar-refractivity contribution in [3.8, 4) is 0 Å². The van der Waals surface area contributed by atoms with E-state index in [2.05, 4.69) is 4.98 Å². The Balaban J connectivity index is 2.40.